The van der Waals surface area contributed by atoms with E-state index in [2.05, 4.69) is 27.1 Å². The number of nitrogens with two attached hydrogens (primary N) is 1. The lowest BCUT2D eigenvalue weighted by Crippen LogP contribution is -2.48. The third-order valence-electron chi connectivity index (χ3n) is 7.12. The lowest BCUT2D eigenvalue weighted by atomic mass is 10.00. The zero-order valence-electron chi connectivity index (χ0n) is 18.9. The number of halogens is 3. The lowest BCUT2D eigenvalue weighted by molar-refractivity contribution is -0.137. The van der Waals surface area contributed by atoms with Crippen LogP contribution in [0.5, 0.6) is 0 Å². The highest BCUT2D eigenvalue weighted by Gasteiger charge is 2.58. The van der Waals surface area contributed by atoms with E-state index in [-0.39, 0.29) is 17.3 Å². The molecule has 0 amide bonds. The summed E-state index contributed by atoms with van der Waals surface area (Å²) in [7, 11) is 2.16. The van der Waals surface area contributed by atoms with Crippen LogP contribution >= 0.6 is 0 Å². The largest absolute Gasteiger partial charge is 0.419 e. The van der Waals surface area contributed by atoms with E-state index in [1.54, 1.807) is 6.08 Å². The van der Waals surface area contributed by atoms with E-state index >= 15 is 0 Å². The van der Waals surface area contributed by atoms with Gasteiger partial charge in [0.05, 0.1) is 11.3 Å². The maximum atomic E-state index is 13.2. The topological polar surface area (TPSA) is 81.3 Å². The first-order valence-corrected chi connectivity index (χ1v) is 11.4. The molecular weight excluding hydrogens is 417 g/mol. The van der Waals surface area contributed by atoms with Crippen molar-refractivity contribution in [1.29, 1.82) is 5.41 Å². The molecule has 1 aliphatic heterocycles. The van der Waals surface area contributed by atoms with Crippen molar-refractivity contribution in [2.24, 2.45) is 17.8 Å². The number of rotatable bonds is 6. The molecule has 3 aliphatic rings. The molecular formula is C23H33F3N6. The normalized spacial score (nSPS) is 29.3. The van der Waals surface area contributed by atoms with Crippen LogP contribution in [0.3, 0.4) is 0 Å². The number of nitrogens with one attached hydrogen (secondary N) is 2. The van der Waals surface area contributed by atoms with Gasteiger partial charge in [-0.25, -0.2) is 4.98 Å². The van der Waals surface area contributed by atoms with Crippen LogP contribution in [0.2, 0.25) is 0 Å². The second-order valence-corrected chi connectivity index (χ2v) is 9.78. The van der Waals surface area contributed by atoms with E-state index in [0.29, 0.717) is 23.8 Å². The maximum Gasteiger partial charge on any atom is 0.419 e. The smallest absolute Gasteiger partial charge is 0.386 e. The fraction of sp³-hybridized carbons (Fsp3) is 0.652. The minimum absolute atomic E-state index is 0.0201. The van der Waals surface area contributed by atoms with Crippen LogP contribution < -0.4 is 11.1 Å². The molecule has 0 aromatic carbocycles. The highest BCUT2D eigenvalue weighted by Crippen LogP contribution is 2.61. The molecule has 32 heavy (non-hydrogen) atoms. The Morgan fingerprint density at radius 3 is 2.41 bits per heavy atom. The molecule has 1 aromatic rings. The second kappa shape index (κ2) is 8.67. The van der Waals surface area contributed by atoms with Gasteiger partial charge in [0.1, 0.15) is 5.82 Å². The van der Waals surface area contributed by atoms with E-state index < -0.39 is 17.6 Å². The number of nitrogens with zero attached hydrogens (tertiary/aromatic N) is 3. The van der Waals surface area contributed by atoms with Crippen LogP contribution in [-0.4, -0.2) is 65.8 Å². The number of hydrogen-bond acceptors (Lipinski definition) is 6. The van der Waals surface area contributed by atoms with Crippen molar-refractivity contribution >= 4 is 11.5 Å². The predicted octanol–water partition coefficient (Wildman–Crippen LogP) is 3.20. The zero-order chi connectivity index (χ0) is 23.2. The summed E-state index contributed by atoms with van der Waals surface area (Å²) in [6.45, 7) is 8.54. The fourth-order valence-electron chi connectivity index (χ4n) is 5.41. The first-order chi connectivity index (χ1) is 15.0. The van der Waals surface area contributed by atoms with Gasteiger partial charge < -0.3 is 21.4 Å². The second-order valence-electron chi connectivity index (χ2n) is 9.78. The zero-order valence-corrected chi connectivity index (χ0v) is 18.9. The Balaban J connectivity index is 1.47. The van der Waals surface area contributed by atoms with Crippen molar-refractivity contribution in [3.8, 4) is 0 Å². The summed E-state index contributed by atoms with van der Waals surface area (Å²) in [5.41, 5.74) is 5.52. The van der Waals surface area contributed by atoms with Gasteiger partial charge in [0, 0.05) is 61.6 Å². The van der Waals surface area contributed by atoms with E-state index in [4.69, 9.17) is 11.1 Å². The van der Waals surface area contributed by atoms with Crippen molar-refractivity contribution < 1.29 is 13.2 Å². The van der Waals surface area contributed by atoms with E-state index in [1.807, 2.05) is 13.8 Å². The summed E-state index contributed by atoms with van der Waals surface area (Å²) in [6, 6.07) is 1.73. The van der Waals surface area contributed by atoms with Crippen LogP contribution in [0.1, 0.15) is 37.8 Å². The van der Waals surface area contributed by atoms with Gasteiger partial charge in [-0.05, 0) is 57.7 Å². The number of allylic oxidation sites excluding steroid dienone is 2. The molecule has 4 rings (SSSR count). The van der Waals surface area contributed by atoms with Crippen molar-refractivity contribution in [1.82, 2.24) is 20.1 Å². The molecule has 4 N–H and O–H groups in total. The number of piperazine rings is 1. The average Bonchev–Trinajstić information content (AvgIpc) is 3.20. The van der Waals surface area contributed by atoms with Gasteiger partial charge >= 0.3 is 6.18 Å². The summed E-state index contributed by atoms with van der Waals surface area (Å²) in [5, 5.41) is 11.9. The predicted molar refractivity (Wildman–Crippen MR) is 119 cm³/mol. The minimum Gasteiger partial charge on any atom is -0.386 e. The van der Waals surface area contributed by atoms with E-state index in [9.17, 15) is 13.2 Å². The molecule has 0 unspecified atom stereocenters. The number of anilines is 1. The Labute approximate surface area is 187 Å². The number of aromatic nitrogens is 1. The number of likely N-dealkylation sites (N-methyl/N-ethyl adjacent to an activating group) is 1. The summed E-state index contributed by atoms with van der Waals surface area (Å²) < 4.78 is 39.6. The highest BCUT2D eigenvalue weighted by atomic mass is 19.4. The Kier molecular flexibility index (Phi) is 6.24. The van der Waals surface area contributed by atoms with Crippen LogP contribution in [0.15, 0.2) is 24.0 Å². The third kappa shape index (κ3) is 4.78. The summed E-state index contributed by atoms with van der Waals surface area (Å²) >= 11 is 0. The highest BCUT2D eigenvalue weighted by molar-refractivity contribution is 6.07. The number of alkyl halides is 3. The Hall–Kier alpha value is -2.13. The average molecular weight is 451 g/mol. The fourth-order valence-corrected chi connectivity index (χ4v) is 5.41. The molecule has 1 aromatic heterocycles. The molecule has 2 saturated carbocycles. The first kappa shape index (κ1) is 23.0. The van der Waals surface area contributed by atoms with Crippen molar-refractivity contribution in [3.63, 3.8) is 0 Å². The Bertz CT molecular complexity index is 876. The van der Waals surface area contributed by atoms with Crippen LogP contribution in [0.25, 0.3) is 0 Å². The van der Waals surface area contributed by atoms with Crippen molar-refractivity contribution in [3.05, 3.63) is 35.2 Å². The van der Waals surface area contributed by atoms with Crippen molar-refractivity contribution in [2.75, 3.05) is 39.0 Å². The third-order valence-corrected chi connectivity index (χ3v) is 7.12. The molecule has 6 nitrogen and oxygen atoms in total. The monoisotopic (exact) mass is 450 g/mol. The maximum absolute atomic E-state index is 13.2. The van der Waals surface area contributed by atoms with E-state index in [0.717, 1.165) is 50.8 Å². The van der Waals surface area contributed by atoms with Gasteiger partial charge in [0.15, 0.2) is 0 Å². The molecule has 0 spiro atoms. The van der Waals surface area contributed by atoms with Crippen LogP contribution in [0.4, 0.5) is 19.0 Å². The van der Waals surface area contributed by atoms with Gasteiger partial charge in [-0.1, -0.05) is 0 Å². The first-order valence-electron chi connectivity index (χ1n) is 11.4. The molecule has 0 bridgehead atoms. The summed E-state index contributed by atoms with van der Waals surface area (Å²) in [4.78, 5) is 8.66. The summed E-state index contributed by atoms with van der Waals surface area (Å²) in [5.74, 6) is 0.955. The Morgan fingerprint density at radius 1 is 1.22 bits per heavy atom. The molecule has 3 fully saturated rings. The Morgan fingerprint density at radius 2 is 1.84 bits per heavy atom. The number of pyridine rings is 1. The molecule has 2 aliphatic carbocycles. The molecule has 9 heteroatoms. The minimum atomic E-state index is -4.60. The molecule has 2 heterocycles. The SMILES string of the molecule is CC(C)N/C(=C\C(=N)c1cnc(N)c(C(F)(F)F)c1)[C@H]1[C@@H]2C[C@@H](N3CCN(C)CC3)C[C@@H]21. The number of fused-ring (bicyclic) bond motifs is 1. The number of nitrogen functional groups attached to an aromatic ring is 1. The molecule has 0 radical (unpaired) electrons. The number of hydrogen-bond donors (Lipinski definition) is 3. The van der Waals surface area contributed by atoms with Crippen LogP contribution in [0, 0.1) is 23.2 Å². The van der Waals surface area contributed by atoms with Gasteiger partial charge in [-0.2, -0.15) is 13.2 Å². The quantitative estimate of drug-likeness (QED) is 0.580. The van der Waals surface area contributed by atoms with Gasteiger partial charge in [-0.15, -0.1) is 0 Å². The lowest BCUT2D eigenvalue weighted by Gasteiger charge is -2.37. The van der Waals surface area contributed by atoms with Gasteiger partial charge in [-0.3, -0.25) is 4.90 Å². The van der Waals surface area contributed by atoms with Gasteiger partial charge in [0.2, 0.25) is 0 Å². The standard InChI is InChI=1S/C23H33F3N6/c1-13(2)30-20(11-19(27)14-8-18(23(24,25)26)22(28)29-12-14)21-16-9-15(10-17(16)21)32-6-4-31(3)5-7-32/h8,11-13,15-17,21,27,30H,4-7,9-10H2,1-3H3,(H2,28,29)/b20-11-,27-19?/t15-,16-,17+,21+. The molecule has 1 saturated heterocycles. The van der Waals surface area contributed by atoms with E-state index in [1.165, 1.54) is 6.20 Å². The summed E-state index contributed by atoms with van der Waals surface area (Å²) in [6.07, 6.45) is 0.660. The van der Waals surface area contributed by atoms with Crippen molar-refractivity contribution in [2.45, 2.75) is 44.9 Å². The van der Waals surface area contributed by atoms with Gasteiger partial charge in [0.25, 0.3) is 0 Å². The molecule has 176 valence electrons. The molecule has 4 atom stereocenters. The van der Waals surface area contributed by atoms with Crippen LogP contribution in [-0.2, 0) is 6.18 Å².